The van der Waals surface area contributed by atoms with E-state index in [0.29, 0.717) is 6.61 Å². The van der Waals surface area contributed by atoms with E-state index in [1.807, 2.05) is 6.92 Å². The van der Waals surface area contributed by atoms with Crippen molar-refractivity contribution in [1.29, 1.82) is 0 Å². The van der Waals surface area contributed by atoms with Gasteiger partial charge >= 0.3 is 0 Å². The number of nitrogens with one attached hydrogen (secondary N) is 1. The molecule has 0 aliphatic heterocycles. The molecule has 1 N–H and O–H groups in total. The van der Waals surface area contributed by atoms with Gasteiger partial charge in [-0.2, -0.15) is 0 Å². The maximum atomic E-state index is 5.78. The summed E-state index contributed by atoms with van der Waals surface area (Å²) >= 11 is 1.78. The van der Waals surface area contributed by atoms with Crippen LogP contribution in [0, 0.1) is 6.92 Å². The number of aryl methyl sites for hydroxylation is 1. The Labute approximate surface area is 119 Å². The summed E-state index contributed by atoms with van der Waals surface area (Å²) in [5.41, 5.74) is 2.49. The highest BCUT2D eigenvalue weighted by Gasteiger charge is 2.18. The van der Waals surface area contributed by atoms with Gasteiger partial charge in [0.2, 0.25) is 0 Å². The van der Waals surface area contributed by atoms with Gasteiger partial charge in [0, 0.05) is 10.4 Å². The number of hydrogen-bond acceptors (Lipinski definition) is 3. The van der Waals surface area contributed by atoms with Gasteiger partial charge in [-0.15, -0.1) is 11.3 Å². The van der Waals surface area contributed by atoms with Crippen LogP contribution in [0.1, 0.15) is 35.9 Å². The van der Waals surface area contributed by atoms with Crippen LogP contribution in [0.4, 0.5) is 0 Å². The summed E-state index contributed by atoms with van der Waals surface area (Å²) in [7, 11) is 0. The van der Waals surface area contributed by atoms with E-state index in [1.54, 1.807) is 11.3 Å². The maximum absolute atomic E-state index is 5.78. The first-order chi connectivity index (χ1) is 9.26. The van der Waals surface area contributed by atoms with E-state index in [4.69, 9.17) is 4.74 Å². The summed E-state index contributed by atoms with van der Waals surface area (Å²) in [5, 5.41) is 5.68. The molecule has 102 valence electrons. The van der Waals surface area contributed by atoms with Crippen molar-refractivity contribution in [2.24, 2.45) is 0 Å². The molecule has 0 bridgehead atoms. The second-order valence-electron chi connectivity index (χ2n) is 4.48. The summed E-state index contributed by atoms with van der Waals surface area (Å²) in [5.74, 6) is 0.979. The van der Waals surface area contributed by atoms with Crippen LogP contribution in [0.2, 0.25) is 0 Å². The van der Waals surface area contributed by atoms with Crippen molar-refractivity contribution in [3.05, 3.63) is 51.7 Å². The lowest BCUT2D eigenvalue weighted by molar-refractivity contribution is 0.333. The molecule has 3 heteroatoms. The van der Waals surface area contributed by atoms with Gasteiger partial charge in [0.1, 0.15) is 5.75 Å². The zero-order valence-electron chi connectivity index (χ0n) is 11.8. The number of benzene rings is 1. The van der Waals surface area contributed by atoms with E-state index in [1.165, 1.54) is 16.0 Å². The molecular formula is C16H21NOS. The van der Waals surface area contributed by atoms with Crippen molar-refractivity contribution >= 4 is 11.3 Å². The predicted molar refractivity (Wildman–Crippen MR) is 82.2 cm³/mol. The van der Waals surface area contributed by atoms with E-state index >= 15 is 0 Å². The molecule has 2 nitrogen and oxygen atoms in total. The molecule has 0 radical (unpaired) electrons. The highest BCUT2D eigenvalue weighted by Crippen LogP contribution is 2.33. The van der Waals surface area contributed by atoms with Gasteiger partial charge in [-0.05, 0) is 37.9 Å². The van der Waals surface area contributed by atoms with Crippen LogP contribution >= 0.6 is 11.3 Å². The van der Waals surface area contributed by atoms with Crippen LogP contribution in [0.5, 0.6) is 5.75 Å². The van der Waals surface area contributed by atoms with Crippen LogP contribution in [0.3, 0.4) is 0 Å². The van der Waals surface area contributed by atoms with E-state index in [2.05, 4.69) is 54.9 Å². The molecule has 2 rings (SSSR count). The van der Waals surface area contributed by atoms with Crippen molar-refractivity contribution in [2.75, 3.05) is 13.2 Å². The number of hydrogen-bond donors (Lipinski definition) is 1. The third-order valence-corrected chi connectivity index (χ3v) is 3.95. The average Bonchev–Trinajstić information content (AvgIpc) is 2.92. The molecule has 1 heterocycles. The molecule has 19 heavy (non-hydrogen) atoms. The average molecular weight is 275 g/mol. The molecule has 0 fully saturated rings. The predicted octanol–water partition coefficient (Wildman–Crippen LogP) is 4.15. The van der Waals surface area contributed by atoms with Crippen molar-refractivity contribution in [1.82, 2.24) is 5.32 Å². The lowest BCUT2D eigenvalue weighted by Crippen LogP contribution is -2.22. The van der Waals surface area contributed by atoms with Crippen molar-refractivity contribution < 1.29 is 4.74 Å². The Balaban J connectivity index is 2.43. The highest BCUT2D eigenvalue weighted by atomic mass is 32.1. The van der Waals surface area contributed by atoms with E-state index in [0.717, 1.165) is 12.3 Å². The number of rotatable bonds is 6. The Morgan fingerprint density at radius 1 is 1.26 bits per heavy atom. The zero-order chi connectivity index (χ0) is 13.7. The standard InChI is InChI=1S/C16H21NOS/c1-4-17-16(15-7-6-10-19-15)13-11-12(3)8-9-14(13)18-5-2/h6-11,16-17H,4-5H2,1-3H3. The Bertz CT molecular complexity index is 507. The summed E-state index contributed by atoms with van der Waals surface area (Å²) in [6, 6.07) is 10.9. The van der Waals surface area contributed by atoms with Crippen molar-refractivity contribution in [2.45, 2.75) is 26.8 Å². The fraction of sp³-hybridized carbons (Fsp3) is 0.375. The Morgan fingerprint density at radius 2 is 2.11 bits per heavy atom. The van der Waals surface area contributed by atoms with E-state index < -0.39 is 0 Å². The normalized spacial score (nSPS) is 12.4. The number of thiophene rings is 1. The van der Waals surface area contributed by atoms with Gasteiger partial charge in [-0.1, -0.05) is 30.7 Å². The molecule has 1 aromatic carbocycles. The van der Waals surface area contributed by atoms with Gasteiger partial charge in [0.25, 0.3) is 0 Å². The first kappa shape index (κ1) is 14.1. The monoisotopic (exact) mass is 275 g/mol. The van der Waals surface area contributed by atoms with Crippen LogP contribution in [0.25, 0.3) is 0 Å². The van der Waals surface area contributed by atoms with Gasteiger partial charge in [-0.3, -0.25) is 0 Å². The molecule has 1 unspecified atom stereocenters. The van der Waals surface area contributed by atoms with Crippen molar-refractivity contribution in [3.8, 4) is 5.75 Å². The molecular weight excluding hydrogens is 254 g/mol. The van der Waals surface area contributed by atoms with Crippen LogP contribution in [-0.2, 0) is 0 Å². The fourth-order valence-electron chi connectivity index (χ4n) is 2.20. The third-order valence-electron chi connectivity index (χ3n) is 3.01. The molecule has 2 aromatic rings. The minimum Gasteiger partial charge on any atom is -0.494 e. The van der Waals surface area contributed by atoms with E-state index in [9.17, 15) is 0 Å². The lowest BCUT2D eigenvalue weighted by Gasteiger charge is -2.21. The van der Waals surface area contributed by atoms with Crippen LogP contribution in [0.15, 0.2) is 35.7 Å². The van der Waals surface area contributed by atoms with E-state index in [-0.39, 0.29) is 6.04 Å². The summed E-state index contributed by atoms with van der Waals surface area (Å²) in [6.07, 6.45) is 0. The SMILES string of the molecule is CCNC(c1cccs1)c1cc(C)ccc1OCC. The fourth-order valence-corrected chi connectivity index (χ4v) is 3.02. The topological polar surface area (TPSA) is 21.3 Å². The summed E-state index contributed by atoms with van der Waals surface area (Å²) in [4.78, 5) is 1.33. The maximum Gasteiger partial charge on any atom is 0.124 e. The molecule has 0 saturated heterocycles. The quantitative estimate of drug-likeness (QED) is 0.855. The first-order valence-corrected chi connectivity index (χ1v) is 7.64. The molecule has 0 amide bonds. The second kappa shape index (κ2) is 6.73. The molecule has 0 saturated carbocycles. The van der Waals surface area contributed by atoms with Gasteiger partial charge in [0.15, 0.2) is 0 Å². The summed E-state index contributed by atoms with van der Waals surface area (Å²) in [6.45, 7) is 7.91. The minimum absolute atomic E-state index is 0.214. The summed E-state index contributed by atoms with van der Waals surface area (Å²) < 4.78 is 5.78. The van der Waals surface area contributed by atoms with Crippen LogP contribution < -0.4 is 10.1 Å². The molecule has 0 aliphatic carbocycles. The Morgan fingerprint density at radius 3 is 2.74 bits per heavy atom. The molecule has 1 atom stereocenters. The lowest BCUT2D eigenvalue weighted by atomic mass is 10.0. The highest BCUT2D eigenvalue weighted by molar-refractivity contribution is 7.10. The van der Waals surface area contributed by atoms with Gasteiger partial charge < -0.3 is 10.1 Å². The number of ether oxygens (including phenoxy) is 1. The molecule has 0 spiro atoms. The van der Waals surface area contributed by atoms with Crippen LogP contribution in [-0.4, -0.2) is 13.2 Å². The minimum atomic E-state index is 0.214. The third kappa shape index (κ3) is 3.37. The van der Waals surface area contributed by atoms with Gasteiger partial charge in [-0.25, -0.2) is 0 Å². The largest absolute Gasteiger partial charge is 0.494 e. The van der Waals surface area contributed by atoms with Gasteiger partial charge in [0.05, 0.1) is 12.6 Å². The second-order valence-corrected chi connectivity index (χ2v) is 5.46. The smallest absolute Gasteiger partial charge is 0.124 e. The van der Waals surface area contributed by atoms with Crippen molar-refractivity contribution in [3.63, 3.8) is 0 Å². The molecule has 1 aromatic heterocycles. The zero-order valence-corrected chi connectivity index (χ0v) is 12.6. The Hall–Kier alpha value is -1.32. The Kier molecular flexibility index (Phi) is 5.00. The molecule has 0 aliphatic rings. The first-order valence-electron chi connectivity index (χ1n) is 6.76.